The van der Waals surface area contributed by atoms with Crippen molar-refractivity contribution in [1.29, 1.82) is 0 Å². The number of nitrogens with zero attached hydrogens (tertiary/aromatic N) is 2. The van der Waals surface area contributed by atoms with Gasteiger partial charge in [-0.1, -0.05) is 12.1 Å². The summed E-state index contributed by atoms with van der Waals surface area (Å²) in [5.74, 6) is -3.60. The molecular formula is C16H13F3N2O3. The van der Waals surface area contributed by atoms with Gasteiger partial charge in [0.1, 0.15) is 5.82 Å². The Kier molecular flexibility index (Phi) is 2.86. The summed E-state index contributed by atoms with van der Waals surface area (Å²) < 4.78 is 77.7. The van der Waals surface area contributed by atoms with E-state index in [0.717, 1.165) is 25.4 Å². The highest BCUT2D eigenvalue weighted by molar-refractivity contribution is 6.01. The lowest BCUT2D eigenvalue weighted by Gasteiger charge is -2.34. The molecule has 0 spiro atoms. The summed E-state index contributed by atoms with van der Waals surface area (Å²) in [4.78, 5) is 16.2. The lowest BCUT2D eigenvalue weighted by molar-refractivity contribution is -0.193. The van der Waals surface area contributed by atoms with Gasteiger partial charge >= 0.3 is 12.0 Å². The fourth-order valence-electron chi connectivity index (χ4n) is 2.24. The zero-order chi connectivity index (χ0) is 21.0. The third-order valence-electron chi connectivity index (χ3n) is 3.27. The van der Waals surface area contributed by atoms with E-state index in [9.17, 15) is 23.1 Å². The Hall–Kier alpha value is -2.61. The molecule has 3 rings (SSSR count). The molecule has 1 aromatic carbocycles. The van der Waals surface area contributed by atoms with Crippen molar-refractivity contribution in [2.24, 2.45) is 0 Å². The number of rotatable bonds is 3. The first-order valence-corrected chi connectivity index (χ1v) is 6.69. The van der Waals surface area contributed by atoms with Crippen molar-refractivity contribution in [3.05, 3.63) is 53.5 Å². The molecule has 2 aromatic rings. The number of fused-ring (bicyclic) bond motifs is 1. The number of amides is 1. The summed E-state index contributed by atoms with van der Waals surface area (Å²) in [5.41, 5.74) is -1.40. The number of pyridine rings is 1. The van der Waals surface area contributed by atoms with Gasteiger partial charge in [-0.25, -0.2) is 4.39 Å². The SMILES string of the molecule is [2H]c1c([2H])c2c(c(C([2H])(C)O)c1[2H])OC(F)(F)C(=O)N2Cc1cncc(F)c1. The first kappa shape index (κ1) is 11.9. The number of aromatic nitrogens is 1. The zero-order valence-electron chi connectivity index (χ0n) is 16.2. The number of aliphatic hydroxyl groups is 1. The van der Waals surface area contributed by atoms with Gasteiger partial charge < -0.3 is 9.84 Å². The summed E-state index contributed by atoms with van der Waals surface area (Å²) in [6, 6.07) is -1.51. The molecule has 0 aliphatic carbocycles. The summed E-state index contributed by atoms with van der Waals surface area (Å²) in [6.45, 7) is 0.222. The lowest BCUT2D eigenvalue weighted by atomic mass is 10.1. The zero-order valence-corrected chi connectivity index (χ0v) is 12.2. The molecule has 0 radical (unpaired) electrons. The minimum Gasteiger partial charge on any atom is -0.423 e. The molecule has 1 aromatic heterocycles. The number of halogens is 3. The summed E-state index contributed by atoms with van der Waals surface area (Å²) in [5, 5.41) is 10.0. The van der Waals surface area contributed by atoms with Gasteiger partial charge in [0, 0.05) is 11.8 Å². The number of hydrogen-bond donors (Lipinski definition) is 1. The van der Waals surface area contributed by atoms with Gasteiger partial charge in [-0.05, 0) is 24.6 Å². The van der Waals surface area contributed by atoms with Gasteiger partial charge in [-0.2, -0.15) is 8.78 Å². The first-order chi connectivity index (χ1) is 12.8. The number of alkyl halides is 2. The van der Waals surface area contributed by atoms with Crippen molar-refractivity contribution in [1.82, 2.24) is 4.98 Å². The van der Waals surface area contributed by atoms with Crippen LogP contribution < -0.4 is 9.64 Å². The smallest absolute Gasteiger partial charge is 0.423 e. The Morgan fingerprint density at radius 2 is 2.25 bits per heavy atom. The Bertz CT molecular complexity index is 983. The predicted octanol–water partition coefficient (Wildman–Crippen LogP) is 2.79. The first-order valence-electron chi connectivity index (χ1n) is 8.69. The normalized spacial score (nSPS) is 20.9. The van der Waals surface area contributed by atoms with Crippen LogP contribution >= 0.6 is 0 Å². The van der Waals surface area contributed by atoms with E-state index in [2.05, 4.69) is 9.72 Å². The van der Waals surface area contributed by atoms with E-state index in [1.54, 1.807) is 0 Å². The van der Waals surface area contributed by atoms with Crippen molar-refractivity contribution in [2.45, 2.75) is 25.7 Å². The van der Waals surface area contributed by atoms with E-state index in [1.165, 1.54) is 0 Å². The van der Waals surface area contributed by atoms with Crippen LogP contribution in [0.15, 0.2) is 36.6 Å². The van der Waals surface area contributed by atoms with Crippen molar-refractivity contribution < 1.29 is 33.3 Å². The van der Waals surface area contributed by atoms with Gasteiger partial charge in [-0.15, -0.1) is 0 Å². The van der Waals surface area contributed by atoms with Crippen LogP contribution in [0.3, 0.4) is 0 Å². The molecule has 1 unspecified atom stereocenters. The van der Waals surface area contributed by atoms with Crippen molar-refractivity contribution >= 4 is 11.6 Å². The topological polar surface area (TPSA) is 62.7 Å². The molecule has 0 bridgehead atoms. The number of benzene rings is 1. The van der Waals surface area contributed by atoms with Crippen molar-refractivity contribution in [3.8, 4) is 5.75 Å². The number of carbonyl (C=O) groups excluding carboxylic acids is 1. The molecule has 8 heteroatoms. The Morgan fingerprint density at radius 1 is 1.50 bits per heavy atom. The van der Waals surface area contributed by atoms with E-state index in [4.69, 9.17) is 5.48 Å². The number of para-hydroxylation sites is 1. The lowest BCUT2D eigenvalue weighted by Crippen LogP contribution is -2.50. The summed E-state index contributed by atoms with van der Waals surface area (Å²) in [6.07, 6.45) is -5.08. The molecule has 24 heavy (non-hydrogen) atoms. The minimum absolute atomic E-state index is 0.0112. The van der Waals surface area contributed by atoms with Crippen LogP contribution in [-0.4, -0.2) is 22.1 Å². The van der Waals surface area contributed by atoms with Crippen molar-refractivity contribution in [3.63, 3.8) is 0 Å². The van der Waals surface area contributed by atoms with Crippen LogP contribution in [0, 0.1) is 5.82 Å². The molecular weight excluding hydrogens is 325 g/mol. The fraction of sp³-hybridized carbons (Fsp3) is 0.250. The van der Waals surface area contributed by atoms with Gasteiger partial charge in [0.05, 0.1) is 30.0 Å². The van der Waals surface area contributed by atoms with Crippen molar-refractivity contribution in [2.75, 3.05) is 4.90 Å². The maximum atomic E-state index is 14.2. The molecule has 1 atom stereocenters. The van der Waals surface area contributed by atoms with E-state index >= 15 is 0 Å². The van der Waals surface area contributed by atoms with E-state index in [1.807, 2.05) is 0 Å². The molecule has 1 amide bonds. The molecule has 0 saturated carbocycles. The fourth-order valence-corrected chi connectivity index (χ4v) is 2.24. The number of anilines is 1. The standard InChI is InChI=1S/C16H13F3N2O3/c1-9(22)12-3-2-4-13-14(12)24-16(18,19)15(23)21(13)8-10-5-11(17)7-20-6-10/h2-7,9,22H,8H2,1H3/i2D,3D,4D,9D. The molecule has 0 fully saturated rings. The highest BCUT2D eigenvalue weighted by atomic mass is 19.3. The third kappa shape index (κ3) is 2.80. The van der Waals surface area contributed by atoms with E-state index in [-0.39, 0.29) is 5.56 Å². The number of carbonyl (C=O) groups is 1. The average molecular weight is 342 g/mol. The van der Waals surface area contributed by atoms with E-state index in [0.29, 0.717) is 4.90 Å². The maximum absolute atomic E-state index is 14.2. The van der Waals surface area contributed by atoms with Crippen LogP contribution in [0.2, 0.25) is 0 Å². The van der Waals surface area contributed by atoms with Gasteiger partial charge in [0.2, 0.25) is 0 Å². The predicted molar refractivity (Wildman–Crippen MR) is 78.0 cm³/mol. The highest BCUT2D eigenvalue weighted by Gasteiger charge is 2.51. The van der Waals surface area contributed by atoms with E-state index < -0.39 is 65.6 Å². The molecule has 126 valence electrons. The van der Waals surface area contributed by atoms with Gasteiger partial charge in [0.15, 0.2) is 5.75 Å². The highest BCUT2D eigenvalue weighted by Crippen LogP contribution is 2.44. The molecule has 2 heterocycles. The maximum Gasteiger partial charge on any atom is 0.483 e. The average Bonchev–Trinajstić information content (AvgIpc) is 2.56. The van der Waals surface area contributed by atoms with Gasteiger partial charge in [0.25, 0.3) is 0 Å². The summed E-state index contributed by atoms with van der Waals surface area (Å²) >= 11 is 0. The van der Waals surface area contributed by atoms with Crippen LogP contribution in [0.1, 0.15) is 29.6 Å². The monoisotopic (exact) mass is 342 g/mol. The van der Waals surface area contributed by atoms with Crippen LogP contribution in [-0.2, 0) is 11.3 Å². The quantitative estimate of drug-likeness (QED) is 0.932. The second kappa shape index (κ2) is 5.79. The largest absolute Gasteiger partial charge is 0.483 e. The molecule has 1 aliphatic heterocycles. The van der Waals surface area contributed by atoms with Crippen LogP contribution in [0.25, 0.3) is 0 Å². The second-order valence-electron chi connectivity index (χ2n) is 5.03. The molecule has 1 N–H and O–H groups in total. The molecule has 1 aliphatic rings. The van der Waals surface area contributed by atoms with Gasteiger partial charge in [-0.3, -0.25) is 14.7 Å². The molecule has 0 saturated heterocycles. The minimum atomic E-state index is -4.43. The van der Waals surface area contributed by atoms with Crippen LogP contribution in [0.4, 0.5) is 18.9 Å². The Balaban J connectivity index is 2.29. The third-order valence-corrected chi connectivity index (χ3v) is 3.27. The number of hydrogen-bond acceptors (Lipinski definition) is 4. The summed E-state index contributed by atoms with van der Waals surface area (Å²) in [7, 11) is 0. The number of ether oxygens (including phenoxy) is 1. The Morgan fingerprint density at radius 3 is 2.92 bits per heavy atom. The molecule has 5 nitrogen and oxygen atoms in total. The second-order valence-corrected chi connectivity index (χ2v) is 5.03. The Labute approximate surface area is 140 Å². The van der Waals surface area contributed by atoms with Crippen LogP contribution in [0.5, 0.6) is 5.75 Å².